The quantitative estimate of drug-likeness (QED) is 0.210. The molecule has 0 heterocycles. The smallest absolute Gasteiger partial charge is 0.135 e. The predicted molar refractivity (Wildman–Crippen MR) is 147 cm³/mol. The van der Waals surface area contributed by atoms with E-state index in [0.29, 0.717) is 18.6 Å². The molecule has 0 bridgehead atoms. The molecule has 0 aromatic heterocycles. The SMILES string of the molecule is Cc1ccc(C(CC(=O)CC(Sc2ccccc2)c2ccc(C)cc2)Sc2ccccc2)cc1. The lowest BCUT2D eigenvalue weighted by Crippen LogP contribution is -2.09. The maximum absolute atomic E-state index is 13.5. The largest absolute Gasteiger partial charge is 0.300 e. The van der Waals surface area contributed by atoms with E-state index in [4.69, 9.17) is 0 Å². The van der Waals surface area contributed by atoms with Crippen LogP contribution in [0.5, 0.6) is 0 Å². The minimum Gasteiger partial charge on any atom is -0.300 e. The molecular weight excluding hydrogens is 452 g/mol. The molecule has 172 valence electrons. The number of carbonyl (C=O) groups excluding carboxylic acids is 1. The Labute approximate surface area is 212 Å². The van der Waals surface area contributed by atoms with Crippen molar-refractivity contribution in [1.29, 1.82) is 0 Å². The summed E-state index contributed by atoms with van der Waals surface area (Å²) in [6.45, 7) is 4.20. The fourth-order valence-corrected chi connectivity index (χ4v) is 6.25. The highest BCUT2D eigenvalue weighted by atomic mass is 32.2. The Morgan fingerprint density at radius 1 is 0.559 bits per heavy atom. The molecule has 0 N–H and O–H groups in total. The van der Waals surface area contributed by atoms with Gasteiger partial charge in [0.05, 0.1) is 0 Å². The third-order valence-electron chi connectivity index (χ3n) is 5.77. The van der Waals surface area contributed by atoms with E-state index in [2.05, 4.69) is 111 Å². The van der Waals surface area contributed by atoms with Crippen molar-refractivity contribution in [3.8, 4) is 0 Å². The number of benzene rings is 4. The molecular formula is C31H30OS2. The standard InChI is InChI=1S/C31H30OS2/c1-23-13-17-25(18-14-23)30(33-28-9-5-3-6-10-28)21-27(32)22-31(26-19-15-24(2)16-20-26)34-29-11-7-4-8-12-29/h3-20,30-31H,21-22H2,1-2H3. The van der Waals surface area contributed by atoms with Gasteiger partial charge in [0.25, 0.3) is 0 Å². The predicted octanol–water partition coefficient (Wildman–Crippen LogP) is 9.02. The molecule has 0 saturated heterocycles. The van der Waals surface area contributed by atoms with Crippen LogP contribution in [0.25, 0.3) is 0 Å². The third-order valence-corrected chi connectivity index (χ3v) is 8.30. The van der Waals surface area contributed by atoms with Crippen molar-refractivity contribution in [2.45, 2.75) is 47.0 Å². The van der Waals surface area contributed by atoms with E-state index >= 15 is 0 Å². The number of rotatable bonds is 10. The van der Waals surface area contributed by atoms with Gasteiger partial charge in [0.1, 0.15) is 5.78 Å². The van der Waals surface area contributed by atoms with Gasteiger partial charge < -0.3 is 0 Å². The van der Waals surface area contributed by atoms with Gasteiger partial charge in [0.2, 0.25) is 0 Å². The molecule has 2 unspecified atom stereocenters. The van der Waals surface area contributed by atoms with E-state index in [1.807, 2.05) is 12.1 Å². The molecule has 0 fully saturated rings. The Morgan fingerprint density at radius 3 is 1.26 bits per heavy atom. The van der Waals surface area contributed by atoms with Crippen molar-refractivity contribution in [1.82, 2.24) is 0 Å². The Balaban J connectivity index is 1.54. The first kappa shape index (κ1) is 24.4. The molecule has 0 aliphatic heterocycles. The molecule has 0 aliphatic rings. The number of hydrogen-bond donors (Lipinski definition) is 0. The van der Waals surface area contributed by atoms with Gasteiger partial charge in [-0.3, -0.25) is 4.79 Å². The Bertz CT molecular complexity index is 1070. The number of thioether (sulfide) groups is 2. The van der Waals surface area contributed by atoms with Crippen LogP contribution in [0.15, 0.2) is 119 Å². The second-order valence-corrected chi connectivity index (χ2v) is 11.2. The lowest BCUT2D eigenvalue weighted by atomic mass is 10.0. The molecule has 4 aromatic rings. The fourth-order valence-electron chi connectivity index (χ4n) is 3.84. The van der Waals surface area contributed by atoms with E-state index in [1.54, 1.807) is 23.5 Å². The molecule has 1 nitrogen and oxygen atoms in total. The van der Waals surface area contributed by atoms with Gasteiger partial charge in [-0.25, -0.2) is 0 Å². The molecule has 0 aliphatic carbocycles. The van der Waals surface area contributed by atoms with Gasteiger partial charge in [-0.15, -0.1) is 23.5 Å². The van der Waals surface area contributed by atoms with E-state index in [0.717, 1.165) is 0 Å². The minimum atomic E-state index is 0.0934. The summed E-state index contributed by atoms with van der Waals surface area (Å²) in [7, 11) is 0. The second kappa shape index (κ2) is 12.1. The van der Waals surface area contributed by atoms with Crippen molar-refractivity contribution >= 4 is 29.3 Å². The second-order valence-electron chi connectivity index (χ2n) is 8.61. The molecule has 0 spiro atoms. The summed E-state index contributed by atoms with van der Waals surface area (Å²) in [4.78, 5) is 15.9. The normalized spacial score (nSPS) is 12.8. The third kappa shape index (κ3) is 7.12. The summed E-state index contributed by atoms with van der Waals surface area (Å²) < 4.78 is 0. The van der Waals surface area contributed by atoms with Crippen LogP contribution in [-0.2, 0) is 4.79 Å². The minimum absolute atomic E-state index is 0.0934. The van der Waals surface area contributed by atoms with Crippen molar-refractivity contribution in [3.63, 3.8) is 0 Å². The van der Waals surface area contributed by atoms with Crippen LogP contribution in [0.4, 0.5) is 0 Å². The number of Topliss-reactive ketones (excluding diaryl/α,β-unsaturated/α-hetero) is 1. The first-order valence-electron chi connectivity index (χ1n) is 11.6. The van der Waals surface area contributed by atoms with Gasteiger partial charge in [0.15, 0.2) is 0 Å². The first-order valence-corrected chi connectivity index (χ1v) is 13.4. The maximum atomic E-state index is 13.5. The summed E-state index contributed by atoms with van der Waals surface area (Å²) in [5.74, 6) is 0.294. The van der Waals surface area contributed by atoms with Crippen molar-refractivity contribution in [2.75, 3.05) is 0 Å². The topological polar surface area (TPSA) is 17.1 Å². The first-order chi connectivity index (χ1) is 16.6. The van der Waals surface area contributed by atoms with Crippen LogP contribution in [0.3, 0.4) is 0 Å². The van der Waals surface area contributed by atoms with Crippen LogP contribution >= 0.6 is 23.5 Å². The molecule has 4 rings (SSSR count). The fraction of sp³-hybridized carbons (Fsp3) is 0.194. The summed E-state index contributed by atoms with van der Waals surface area (Å²) in [5, 5.41) is 0.187. The van der Waals surface area contributed by atoms with Crippen LogP contribution in [-0.4, -0.2) is 5.78 Å². The zero-order valence-corrected chi connectivity index (χ0v) is 21.3. The summed E-state index contributed by atoms with van der Waals surface area (Å²) in [6.07, 6.45) is 1.03. The van der Waals surface area contributed by atoms with Gasteiger partial charge in [-0.2, -0.15) is 0 Å². The monoisotopic (exact) mass is 482 g/mol. The lowest BCUT2D eigenvalue weighted by molar-refractivity contribution is -0.119. The van der Waals surface area contributed by atoms with Crippen molar-refractivity contribution in [2.24, 2.45) is 0 Å². The molecule has 0 radical (unpaired) electrons. The number of aryl methyl sites for hydroxylation is 2. The molecule has 2 atom stereocenters. The number of ketones is 1. The van der Waals surface area contributed by atoms with Gasteiger partial charge in [0, 0.05) is 33.1 Å². The molecule has 3 heteroatoms. The molecule has 4 aromatic carbocycles. The maximum Gasteiger partial charge on any atom is 0.135 e. The molecule has 34 heavy (non-hydrogen) atoms. The van der Waals surface area contributed by atoms with E-state index in [1.165, 1.54) is 32.0 Å². The van der Waals surface area contributed by atoms with Crippen LogP contribution in [0.1, 0.15) is 45.6 Å². The zero-order chi connectivity index (χ0) is 23.8. The number of carbonyl (C=O) groups is 1. The highest BCUT2D eigenvalue weighted by molar-refractivity contribution is 7.99. The highest BCUT2D eigenvalue weighted by Crippen LogP contribution is 2.42. The van der Waals surface area contributed by atoms with Gasteiger partial charge in [-0.05, 0) is 49.2 Å². The Kier molecular flexibility index (Phi) is 8.67. The van der Waals surface area contributed by atoms with Crippen molar-refractivity contribution in [3.05, 3.63) is 131 Å². The average Bonchev–Trinajstić information content (AvgIpc) is 2.85. The molecule has 0 saturated carbocycles. The Hall–Kier alpha value is -2.75. The average molecular weight is 483 g/mol. The lowest BCUT2D eigenvalue weighted by Gasteiger charge is -2.20. The summed E-state index contributed by atoms with van der Waals surface area (Å²) in [6, 6.07) is 38.0. The number of hydrogen-bond acceptors (Lipinski definition) is 3. The van der Waals surface area contributed by atoms with Crippen LogP contribution in [0, 0.1) is 13.8 Å². The van der Waals surface area contributed by atoms with Gasteiger partial charge >= 0.3 is 0 Å². The van der Waals surface area contributed by atoms with E-state index < -0.39 is 0 Å². The van der Waals surface area contributed by atoms with Gasteiger partial charge in [-0.1, -0.05) is 96.1 Å². The van der Waals surface area contributed by atoms with Crippen LogP contribution in [0.2, 0.25) is 0 Å². The molecule has 0 amide bonds. The summed E-state index contributed by atoms with van der Waals surface area (Å²) >= 11 is 3.55. The highest BCUT2D eigenvalue weighted by Gasteiger charge is 2.22. The zero-order valence-electron chi connectivity index (χ0n) is 19.7. The van der Waals surface area contributed by atoms with E-state index in [9.17, 15) is 4.79 Å². The van der Waals surface area contributed by atoms with E-state index in [-0.39, 0.29) is 10.5 Å². The summed E-state index contributed by atoms with van der Waals surface area (Å²) in [5.41, 5.74) is 4.88. The van der Waals surface area contributed by atoms with Crippen molar-refractivity contribution < 1.29 is 4.79 Å². The Morgan fingerprint density at radius 2 is 0.912 bits per heavy atom. The van der Waals surface area contributed by atoms with Crippen LogP contribution < -0.4 is 0 Å².